The molecule has 0 saturated carbocycles. The van der Waals surface area contributed by atoms with E-state index >= 15 is 0 Å². The van der Waals surface area contributed by atoms with E-state index in [0.29, 0.717) is 10.0 Å². The molecule has 3 nitrogen and oxygen atoms in total. The summed E-state index contributed by atoms with van der Waals surface area (Å²) in [5.74, 6) is 0.217. The predicted molar refractivity (Wildman–Crippen MR) is 112 cm³/mol. The Morgan fingerprint density at radius 3 is 2.30 bits per heavy atom. The number of likely N-dealkylation sites (tertiary alicyclic amines) is 1. The zero-order valence-corrected chi connectivity index (χ0v) is 17.4. The lowest BCUT2D eigenvalue weighted by Gasteiger charge is -2.32. The fourth-order valence-electron chi connectivity index (χ4n) is 3.53. The van der Waals surface area contributed by atoms with Crippen molar-refractivity contribution in [3.05, 3.63) is 69.2 Å². The summed E-state index contributed by atoms with van der Waals surface area (Å²) in [4.78, 5) is 15.0. The molecule has 0 aromatic heterocycles. The molecule has 1 saturated heterocycles. The predicted octanol–water partition coefficient (Wildman–Crippen LogP) is 5.39. The Balaban J connectivity index is 1.51. The van der Waals surface area contributed by atoms with Gasteiger partial charge in [-0.3, -0.25) is 9.69 Å². The number of carbonyl (C=O) groups is 1. The zero-order valence-electron chi connectivity index (χ0n) is 15.8. The van der Waals surface area contributed by atoms with Crippen LogP contribution in [-0.2, 0) is 11.3 Å². The van der Waals surface area contributed by atoms with Gasteiger partial charge in [-0.25, -0.2) is 0 Å². The van der Waals surface area contributed by atoms with Crippen LogP contribution in [0.2, 0.25) is 10.0 Å². The molecule has 2 aromatic carbocycles. The number of hydrogen-bond acceptors (Lipinski definition) is 2. The average Bonchev–Trinajstić information content (AvgIpc) is 2.66. The third kappa shape index (κ3) is 5.25. The first-order valence-electron chi connectivity index (χ1n) is 9.46. The summed E-state index contributed by atoms with van der Waals surface area (Å²) >= 11 is 12.6. The summed E-state index contributed by atoms with van der Waals surface area (Å²) in [6.45, 7) is 6.58. The summed E-state index contributed by atoms with van der Waals surface area (Å²) in [5, 5.41) is 4.57. The SMILES string of the molecule is Cc1ccc(C(C)NC(=O)C2CCN(Cc3c(Cl)cccc3Cl)CC2)cc1. The fourth-order valence-corrected chi connectivity index (χ4v) is 4.05. The smallest absolute Gasteiger partial charge is 0.223 e. The summed E-state index contributed by atoms with van der Waals surface area (Å²) in [6, 6.07) is 13.9. The molecule has 0 aliphatic carbocycles. The minimum atomic E-state index is 0.0260. The van der Waals surface area contributed by atoms with E-state index in [1.165, 1.54) is 5.56 Å². The van der Waals surface area contributed by atoms with Crippen LogP contribution in [0.25, 0.3) is 0 Å². The second-order valence-electron chi connectivity index (χ2n) is 7.39. The Morgan fingerprint density at radius 1 is 1.11 bits per heavy atom. The minimum absolute atomic E-state index is 0.0260. The Hall–Kier alpha value is -1.55. The van der Waals surface area contributed by atoms with Crippen LogP contribution in [0.1, 0.15) is 42.5 Å². The second-order valence-corrected chi connectivity index (χ2v) is 8.21. The lowest BCUT2D eigenvalue weighted by Crippen LogP contribution is -2.41. The molecule has 1 atom stereocenters. The molecular weight excluding hydrogens is 379 g/mol. The number of amides is 1. The molecule has 27 heavy (non-hydrogen) atoms. The summed E-state index contributed by atoms with van der Waals surface area (Å²) in [6.07, 6.45) is 1.71. The van der Waals surface area contributed by atoms with E-state index in [9.17, 15) is 4.79 Å². The van der Waals surface area contributed by atoms with Gasteiger partial charge in [-0.1, -0.05) is 59.1 Å². The number of halogens is 2. The molecule has 144 valence electrons. The van der Waals surface area contributed by atoms with Gasteiger partial charge in [0, 0.05) is 28.1 Å². The van der Waals surface area contributed by atoms with Gasteiger partial charge < -0.3 is 5.32 Å². The van der Waals surface area contributed by atoms with Crippen LogP contribution in [0.4, 0.5) is 0 Å². The maximum Gasteiger partial charge on any atom is 0.223 e. The summed E-state index contributed by atoms with van der Waals surface area (Å²) in [5.41, 5.74) is 3.33. The van der Waals surface area contributed by atoms with Crippen molar-refractivity contribution in [1.82, 2.24) is 10.2 Å². The minimum Gasteiger partial charge on any atom is -0.349 e. The van der Waals surface area contributed by atoms with E-state index in [0.717, 1.165) is 43.6 Å². The number of nitrogens with zero attached hydrogens (tertiary/aromatic N) is 1. The van der Waals surface area contributed by atoms with Crippen molar-refractivity contribution >= 4 is 29.1 Å². The second kappa shape index (κ2) is 9.09. The average molecular weight is 405 g/mol. The molecule has 1 amide bonds. The molecule has 0 bridgehead atoms. The third-order valence-corrected chi connectivity index (χ3v) is 6.05. The van der Waals surface area contributed by atoms with E-state index in [1.807, 2.05) is 25.1 Å². The highest BCUT2D eigenvalue weighted by Gasteiger charge is 2.26. The van der Waals surface area contributed by atoms with Crippen molar-refractivity contribution < 1.29 is 4.79 Å². The van der Waals surface area contributed by atoms with Gasteiger partial charge in [-0.15, -0.1) is 0 Å². The Bertz CT molecular complexity index is 763. The van der Waals surface area contributed by atoms with Gasteiger partial charge in [0.25, 0.3) is 0 Å². The first-order valence-corrected chi connectivity index (χ1v) is 10.2. The van der Waals surface area contributed by atoms with Crippen LogP contribution in [0.5, 0.6) is 0 Å². The first kappa shape index (κ1) is 20.2. The van der Waals surface area contributed by atoms with Crippen LogP contribution in [0.3, 0.4) is 0 Å². The van der Waals surface area contributed by atoms with Crippen molar-refractivity contribution in [3.8, 4) is 0 Å². The number of hydrogen-bond donors (Lipinski definition) is 1. The maximum atomic E-state index is 12.7. The Morgan fingerprint density at radius 2 is 1.70 bits per heavy atom. The van der Waals surface area contributed by atoms with Crippen molar-refractivity contribution in [2.75, 3.05) is 13.1 Å². The Kier molecular flexibility index (Phi) is 6.80. The number of piperidine rings is 1. The molecule has 3 rings (SSSR count). The summed E-state index contributed by atoms with van der Waals surface area (Å²) in [7, 11) is 0. The molecule has 5 heteroatoms. The van der Waals surface area contributed by atoms with Gasteiger partial charge in [0.2, 0.25) is 5.91 Å². The highest BCUT2D eigenvalue weighted by Crippen LogP contribution is 2.28. The van der Waals surface area contributed by atoms with Crippen LogP contribution in [-0.4, -0.2) is 23.9 Å². The van der Waals surface area contributed by atoms with Gasteiger partial charge in [-0.05, 0) is 57.5 Å². The molecule has 1 N–H and O–H groups in total. The first-order chi connectivity index (χ1) is 12.9. The molecule has 1 aliphatic rings. The number of benzene rings is 2. The highest BCUT2D eigenvalue weighted by atomic mass is 35.5. The van der Waals surface area contributed by atoms with E-state index < -0.39 is 0 Å². The largest absolute Gasteiger partial charge is 0.349 e. The van der Waals surface area contributed by atoms with E-state index in [1.54, 1.807) is 0 Å². The molecular formula is C22H26Cl2N2O. The molecule has 0 radical (unpaired) electrons. The number of carbonyl (C=O) groups excluding carboxylic acids is 1. The van der Waals surface area contributed by atoms with Gasteiger partial charge in [0.15, 0.2) is 0 Å². The van der Waals surface area contributed by atoms with E-state index in [4.69, 9.17) is 23.2 Å². The molecule has 1 aliphatic heterocycles. The van der Waals surface area contributed by atoms with Crippen molar-refractivity contribution in [2.45, 2.75) is 39.3 Å². The van der Waals surface area contributed by atoms with Crippen LogP contribution in [0, 0.1) is 12.8 Å². The van der Waals surface area contributed by atoms with Crippen molar-refractivity contribution in [1.29, 1.82) is 0 Å². The topological polar surface area (TPSA) is 32.3 Å². The maximum absolute atomic E-state index is 12.7. The molecule has 1 heterocycles. The highest BCUT2D eigenvalue weighted by molar-refractivity contribution is 6.35. The lowest BCUT2D eigenvalue weighted by atomic mass is 9.94. The molecule has 1 unspecified atom stereocenters. The third-order valence-electron chi connectivity index (χ3n) is 5.34. The van der Waals surface area contributed by atoms with Crippen molar-refractivity contribution in [2.24, 2.45) is 5.92 Å². The number of aryl methyl sites for hydroxylation is 1. The quantitative estimate of drug-likeness (QED) is 0.723. The number of nitrogens with one attached hydrogen (secondary N) is 1. The van der Waals surface area contributed by atoms with Crippen LogP contribution in [0.15, 0.2) is 42.5 Å². The van der Waals surface area contributed by atoms with Crippen LogP contribution < -0.4 is 5.32 Å². The van der Waals surface area contributed by atoms with Gasteiger partial charge >= 0.3 is 0 Å². The molecule has 1 fully saturated rings. The standard InChI is InChI=1S/C22H26Cl2N2O/c1-15-6-8-17(9-7-15)16(2)25-22(27)18-10-12-26(13-11-18)14-19-20(23)4-3-5-21(19)24/h3-9,16,18H,10-14H2,1-2H3,(H,25,27). The Labute approximate surface area is 171 Å². The van der Waals surface area contributed by atoms with Gasteiger partial charge in [0.05, 0.1) is 6.04 Å². The van der Waals surface area contributed by atoms with Gasteiger partial charge in [0.1, 0.15) is 0 Å². The van der Waals surface area contributed by atoms with Crippen LogP contribution >= 0.6 is 23.2 Å². The van der Waals surface area contributed by atoms with Gasteiger partial charge in [-0.2, -0.15) is 0 Å². The normalized spacial score (nSPS) is 16.9. The zero-order chi connectivity index (χ0) is 19.4. The lowest BCUT2D eigenvalue weighted by molar-refractivity contribution is -0.127. The fraction of sp³-hybridized carbons (Fsp3) is 0.409. The number of rotatable bonds is 5. The molecule has 2 aromatic rings. The van der Waals surface area contributed by atoms with Crippen molar-refractivity contribution in [3.63, 3.8) is 0 Å². The summed E-state index contributed by atoms with van der Waals surface area (Å²) < 4.78 is 0. The van der Waals surface area contributed by atoms with E-state index in [-0.39, 0.29) is 17.9 Å². The van der Waals surface area contributed by atoms with E-state index in [2.05, 4.69) is 41.4 Å². The monoisotopic (exact) mass is 404 g/mol. The molecule has 0 spiro atoms.